The number of aryl methyl sites for hydroxylation is 1. The molecule has 0 radical (unpaired) electrons. The predicted octanol–water partition coefficient (Wildman–Crippen LogP) is 3.46. The second-order valence-electron chi connectivity index (χ2n) is 7.56. The maximum absolute atomic E-state index is 12.4. The van der Waals surface area contributed by atoms with Crippen LogP contribution in [0.15, 0.2) is 63.5 Å². The summed E-state index contributed by atoms with van der Waals surface area (Å²) in [6.45, 7) is 3.01. The summed E-state index contributed by atoms with van der Waals surface area (Å²) in [5.74, 6) is 0.619. The van der Waals surface area contributed by atoms with E-state index in [2.05, 4.69) is 9.39 Å². The van der Waals surface area contributed by atoms with Crippen LogP contribution in [0.25, 0.3) is 6.08 Å². The molecule has 9 nitrogen and oxygen atoms in total. The lowest BCUT2D eigenvalue weighted by Crippen LogP contribution is -2.45. The minimum absolute atomic E-state index is 0.0235. The predicted molar refractivity (Wildman–Crippen MR) is 133 cm³/mol. The summed E-state index contributed by atoms with van der Waals surface area (Å²) in [7, 11) is -3.69. The monoisotopic (exact) mass is 498 g/mol. The molecule has 4 rings (SSSR count). The van der Waals surface area contributed by atoms with Crippen LogP contribution < -0.4 is 9.47 Å². The number of sulfone groups is 1. The fourth-order valence-corrected chi connectivity index (χ4v) is 5.06. The number of hydrogen-bond acceptors (Lipinski definition) is 8. The van der Waals surface area contributed by atoms with Crippen molar-refractivity contribution < 1.29 is 22.7 Å². The largest absolute Gasteiger partial charge is 0.493 e. The highest BCUT2D eigenvalue weighted by atomic mass is 32.2. The number of carbonyl (C=O) groups is 1. The lowest BCUT2D eigenvalue weighted by atomic mass is 10.1. The molecular weight excluding hydrogens is 476 g/mol. The molecule has 0 fully saturated rings. The van der Waals surface area contributed by atoms with Crippen molar-refractivity contribution in [1.29, 1.82) is 5.41 Å². The zero-order valence-corrected chi connectivity index (χ0v) is 20.1. The van der Waals surface area contributed by atoms with Crippen LogP contribution in [0.2, 0.25) is 0 Å². The van der Waals surface area contributed by atoms with Crippen LogP contribution in [0.3, 0.4) is 0 Å². The Balaban J connectivity index is 1.36. The summed E-state index contributed by atoms with van der Waals surface area (Å²) >= 11 is 0.760. The number of nitrogens with zero attached hydrogens (tertiary/aromatic N) is 3. The number of aliphatic imine (C=N–C) groups is 1. The zero-order chi connectivity index (χ0) is 24.3. The molecule has 0 unspecified atom stereocenters. The van der Waals surface area contributed by atoms with E-state index < -0.39 is 15.7 Å². The topological polar surface area (TPSA) is 121 Å². The number of hydrogen-bond donors (Lipinski definition) is 1. The molecule has 1 N–H and O–H groups in total. The third-order valence-corrected chi connectivity index (χ3v) is 6.68. The number of ether oxygens (including phenoxy) is 2. The second kappa shape index (κ2) is 9.82. The Morgan fingerprint density at radius 2 is 1.79 bits per heavy atom. The summed E-state index contributed by atoms with van der Waals surface area (Å²) in [5, 5.41) is 8.12. The Labute approximate surface area is 201 Å². The first kappa shape index (κ1) is 23.7. The van der Waals surface area contributed by atoms with Gasteiger partial charge >= 0.3 is 0 Å². The molecule has 2 heterocycles. The Morgan fingerprint density at radius 3 is 2.50 bits per heavy atom. The highest BCUT2D eigenvalue weighted by molar-refractivity contribution is 8.16. The lowest BCUT2D eigenvalue weighted by Gasteiger charge is -2.23. The summed E-state index contributed by atoms with van der Waals surface area (Å²) in [4.78, 5) is 17.4. The van der Waals surface area contributed by atoms with E-state index in [1.165, 1.54) is 6.08 Å². The molecule has 2 aliphatic rings. The first-order valence-corrected chi connectivity index (χ1v) is 13.0. The highest BCUT2D eigenvalue weighted by Crippen LogP contribution is 2.29. The fourth-order valence-electron chi connectivity index (χ4n) is 3.21. The Bertz CT molecular complexity index is 1330. The van der Waals surface area contributed by atoms with Gasteiger partial charge < -0.3 is 9.47 Å². The van der Waals surface area contributed by atoms with E-state index in [1.807, 2.05) is 31.2 Å². The minimum atomic E-state index is -3.69. The third kappa shape index (κ3) is 5.20. The van der Waals surface area contributed by atoms with Gasteiger partial charge in [0, 0.05) is 12.7 Å². The number of para-hydroxylation sites is 1. The van der Waals surface area contributed by atoms with Crippen molar-refractivity contribution in [2.24, 2.45) is 9.39 Å². The van der Waals surface area contributed by atoms with E-state index in [9.17, 15) is 13.2 Å². The molecule has 176 valence electrons. The van der Waals surface area contributed by atoms with Gasteiger partial charge in [-0.05, 0) is 42.3 Å². The summed E-state index contributed by atoms with van der Waals surface area (Å²) in [5.41, 5.74) is 1.71. The molecule has 0 atom stereocenters. The number of fused-ring (bicyclic) bond motifs is 1. The van der Waals surface area contributed by atoms with Crippen molar-refractivity contribution in [1.82, 2.24) is 4.90 Å². The van der Waals surface area contributed by atoms with Crippen molar-refractivity contribution in [2.75, 3.05) is 19.5 Å². The Kier molecular flexibility index (Phi) is 6.85. The molecule has 0 saturated heterocycles. The third-order valence-electron chi connectivity index (χ3n) is 4.93. The van der Waals surface area contributed by atoms with Gasteiger partial charge in [0.2, 0.25) is 20.2 Å². The molecular formula is C23H22N4O5S2. The molecule has 2 aliphatic heterocycles. The average molecular weight is 499 g/mol. The van der Waals surface area contributed by atoms with Gasteiger partial charge in [0.05, 0.1) is 30.7 Å². The smallest absolute Gasteiger partial charge is 0.283 e. The maximum atomic E-state index is 12.4. The molecule has 0 bridgehead atoms. The highest BCUT2D eigenvalue weighted by Gasteiger charge is 2.41. The quantitative estimate of drug-likeness (QED) is 0.352. The van der Waals surface area contributed by atoms with Crippen molar-refractivity contribution >= 4 is 49.9 Å². The lowest BCUT2D eigenvalue weighted by molar-refractivity contribution is -0.114. The first-order chi connectivity index (χ1) is 16.2. The average Bonchev–Trinajstić information content (AvgIpc) is 3.23. The summed E-state index contributed by atoms with van der Waals surface area (Å²) in [6, 6.07) is 14.8. The number of amidine groups is 3. The van der Waals surface area contributed by atoms with E-state index in [0.717, 1.165) is 34.4 Å². The molecule has 34 heavy (non-hydrogen) atoms. The van der Waals surface area contributed by atoms with Crippen LogP contribution in [-0.2, 0) is 14.6 Å². The first-order valence-electron chi connectivity index (χ1n) is 10.3. The maximum Gasteiger partial charge on any atom is 0.283 e. The van der Waals surface area contributed by atoms with Crippen LogP contribution in [0.4, 0.5) is 0 Å². The molecule has 0 aromatic heterocycles. The van der Waals surface area contributed by atoms with Crippen molar-refractivity contribution in [2.45, 2.75) is 13.3 Å². The van der Waals surface area contributed by atoms with E-state index in [-0.39, 0.29) is 21.7 Å². The van der Waals surface area contributed by atoms with Crippen LogP contribution in [0, 0.1) is 12.3 Å². The summed E-state index contributed by atoms with van der Waals surface area (Å²) < 4.78 is 39.3. The van der Waals surface area contributed by atoms with Crippen molar-refractivity contribution in [3.8, 4) is 11.5 Å². The molecule has 0 saturated carbocycles. The number of rotatable bonds is 7. The van der Waals surface area contributed by atoms with Gasteiger partial charge in [0.15, 0.2) is 0 Å². The van der Waals surface area contributed by atoms with Crippen molar-refractivity contribution in [3.63, 3.8) is 0 Å². The van der Waals surface area contributed by atoms with E-state index in [0.29, 0.717) is 30.9 Å². The molecule has 0 spiro atoms. The number of carbonyl (C=O) groups excluding carboxylic acids is 1. The fraction of sp³-hybridized carbons (Fsp3) is 0.217. The molecule has 2 aromatic carbocycles. The van der Waals surface area contributed by atoms with Crippen LogP contribution in [0.5, 0.6) is 11.5 Å². The summed E-state index contributed by atoms with van der Waals surface area (Å²) in [6.07, 6.45) is 3.20. The molecule has 11 heteroatoms. The number of amides is 1. The minimum Gasteiger partial charge on any atom is -0.493 e. The SMILES string of the molecule is Cc1ccccc1OCCCOc1ccc(/C=C2/C(=N)N3C(=NC2=O)SN=C3S(C)(=O)=O)cc1. The van der Waals surface area contributed by atoms with Gasteiger partial charge in [-0.25, -0.2) is 13.3 Å². The van der Waals surface area contributed by atoms with E-state index in [1.54, 1.807) is 24.3 Å². The zero-order valence-electron chi connectivity index (χ0n) is 18.5. The Hall–Kier alpha value is -3.44. The van der Waals surface area contributed by atoms with Gasteiger partial charge in [-0.3, -0.25) is 10.2 Å². The molecule has 1 amide bonds. The van der Waals surface area contributed by atoms with Crippen LogP contribution in [0.1, 0.15) is 17.5 Å². The van der Waals surface area contributed by atoms with Crippen LogP contribution in [-0.4, -0.2) is 54.9 Å². The van der Waals surface area contributed by atoms with Crippen LogP contribution >= 0.6 is 11.9 Å². The second-order valence-corrected chi connectivity index (χ2v) is 10.2. The normalized spacial score (nSPS) is 16.9. The number of nitrogens with one attached hydrogen (secondary N) is 1. The van der Waals surface area contributed by atoms with Gasteiger partial charge in [-0.1, -0.05) is 30.3 Å². The number of benzene rings is 2. The van der Waals surface area contributed by atoms with Gasteiger partial charge in [0.1, 0.15) is 17.3 Å². The van der Waals surface area contributed by atoms with Gasteiger partial charge in [-0.15, -0.1) is 0 Å². The Morgan fingerprint density at radius 1 is 1.09 bits per heavy atom. The van der Waals surface area contributed by atoms with Crippen molar-refractivity contribution in [3.05, 3.63) is 65.2 Å². The van der Waals surface area contributed by atoms with Gasteiger partial charge in [0.25, 0.3) is 5.91 Å². The molecule has 0 aliphatic carbocycles. The van der Waals surface area contributed by atoms with E-state index >= 15 is 0 Å². The molecule has 2 aromatic rings. The van der Waals surface area contributed by atoms with E-state index in [4.69, 9.17) is 14.9 Å². The van der Waals surface area contributed by atoms with Gasteiger partial charge in [-0.2, -0.15) is 9.39 Å². The standard InChI is InChI=1S/C23H22N4O5S2/c1-15-6-3-4-7-19(15)32-13-5-12-31-17-10-8-16(9-11-17)14-18-20(24)27-22(25-21(18)28)33-26-23(27)34(2,29)30/h3-4,6-11,14,24H,5,12-13H2,1-2H3/b18-14-,24-20?.